The number of nitrogens with two attached hydrogens (primary N) is 1. The van der Waals surface area contributed by atoms with Crippen LogP contribution in [0.4, 0.5) is 0 Å². The summed E-state index contributed by atoms with van der Waals surface area (Å²) in [5, 5.41) is 9.41. The number of carboxylic acids is 1. The summed E-state index contributed by atoms with van der Waals surface area (Å²) < 4.78 is 0. The number of carbonyl (C=O) groups is 1. The Labute approximate surface area is 93.7 Å². The minimum absolute atomic E-state index is 0.108. The fourth-order valence-electron chi connectivity index (χ4n) is 2.21. The molecular weight excluding hydrogens is 206 g/mol. The van der Waals surface area contributed by atoms with Gasteiger partial charge in [0, 0.05) is 18.4 Å². The quantitative estimate of drug-likeness (QED) is 0.767. The Bertz CT molecular complexity index is 372. The molecule has 5 heteroatoms. The molecule has 0 aliphatic heterocycles. The van der Waals surface area contributed by atoms with Crippen molar-refractivity contribution in [1.29, 1.82) is 0 Å². The zero-order valence-corrected chi connectivity index (χ0v) is 8.97. The first-order chi connectivity index (χ1) is 7.65. The monoisotopic (exact) mass is 221 g/mol. The Hall–Kier alpha value is -1.49. The number of carboxylic acid groups (broad SMARTS) is 1. The molecule has 1 aromatic rings. The van der Waals surface area contributed by atoms with Gasteiger partial charge >= 0.3 is 5.97 Å². The number of hydrogen-bond donors (Lipinski definition) is 2. The zero-order chi connectivity index (χ0) is 11.6. The molecule has 0 radical (unpaired) electrons. The largest absolute Gasteiger partial charge is 0.480 e. The third kappa shape index (κ3) is 1.78. The molecule has 5 nitrogen and oxygen atoms in total. The van der Waals surface area contributed by atoms with Crippen molar-refractivity contribution in [3.8, 4) is 0 Å². The van der Waals surface area contributed by atoms with Crippen LogP contribution in [0.15, 0.2) is 18.5 Å². The Kier molecular flexibility index (Phi) is 2.87. The van der Waals surface area contributed by atoms with E-state index in [4.69, 9.17) is 5.73 Å². The van der Waals surface area contributed by atoms with Gasteiger partial charge in [-0.3, -0.25) is 4.79 Å². The van der Waals surface area contributed by atoms with Crippen LogP contribution in [0.2, 0.25) is 0 Å². The van der Waals surface area contributed by atoms with Gasteiger partial charge < -0.3 is 10.8 Å². The predicted octanol–water partition coefficient (Wildman–Crippen LogP) is 0.700. The highest BCUT2D eigenvalue weighted by atomic mass is 16.4. The lowest BCUT2D eigenvalue weighted by Gasteiger charge is -2.34. The second-order valence-electron chi connectivity index (χ2n) is 4.30. The van der Waals surface area contributed by atoms with E-state index in [0.717, 1.165) is 0 Å². The maximum absolute atomic E-state index is 11.5. The van der Waals surface area contributed by atoms with Gasteiger partial charge in [-0.05, 0) is 31.7 Å². The first-order valence-corrected chi connectivity index (χ1v) is 5.41. The summed E-state index contributed by atoms with van der Waals surface area (Å²) >= 11 is 0. The van der Waals surface area contributed by atoms with E-state index in [1.165, 1.54) is 0 Å². The summed E-state index contributed by atoms with van der Waals surface area (Å²) in [6.07, 6.45) is 5.64. The van der Waals surface area contributed by atoms with Crippen LogP contribution in [-0.4, -0.2) is 27.1 Å². The lowest BCUT2D eigenvalue weighted by Crippen LogP contribution is -2.44. The summed E-state index contributed by atoms with van der Waals surface area (Å²) in [5.41, 5.74) is 4.87. The molecule has 1 fully saturated rings. The molecular formula is C11H15N3O2. The lowest BCUT2D eigenvalue weighted by molar-refractivity contribution is -0.145. The lowest BCUT2D eigenvalue weighted by atomic mass is 9.72. The van der Waals surface area contributed by atoms with Crippen molar-refractivity contribution in [1.82, 2.24) is 9.97 Å². The van der Waals surface area contributed by atoms with E-state index >= 15 is 0 Å². The highest BCUT2D eigenvalue weighted by molar-refractivity contribution is 5.80. The SMILES string of the molecule is NC1CCC(C(=O)O)(c2ncccn2)CC1. The Morgan fingerprint density at radius 2 is 1.94 bits per heavy atom. The summed E-state index contributed by atoms with van der Waals surface area (Å²) in [6.45, 7) is 0. The molecule has 1 aromatic heterocycles. The summed E-state index contributed by atoms with van der Waals surface area (Å²) in [7, 11) is 0. The van der Waals surface area contributed by atoms with E-state index in [9.17, 15) is 9.90 Å². The van der Waals surface area contributed by atoms with E-state index in [1.807, 2.05) is 0 Å². The number of rotatable bonds is 2. The molecule has 3 N–H and O–H groups in total. The average molecular weight is 221 g/mol. The molecule has 86 valence electrons. The molecule has 0 atom stereocenters. The van der Waals surface area contributed by atoms with Crippen molar-refractivity contribution in [2.24, 2.45) is 5.73 Å². The van der Waals surface area contributed by atoms with Crippen LogP contribution in [-0.2, 0) is 10.2 Å². The fourth-order valence-corrected chi connectivity index (χ4v) is 2.21. The van der Waals surface area contributed by atoms with E-state index in [0.29, 0.717) is 31.5 Å². The third-order valence-electron chi connectivity index (χ3n) is 3.29. The number of hydrogen-bond acceptors (Lipinski definition) is 4. The normalized spacial score (nSPS) is 29.9. The maximum Gasteiger partial charge on any atom is 0.317 e. The molecule has 0 aromatic carbocycles. The number of nitrogens with zero attached hydrogens (tertiary/aromatic N) is 2. The van der Waals surface area contributed by atoms with Gasteiger partial charge in [-0.1, -0.05) is 0 Å². The first-order valence-electron chi connectivity index (χ1n) is 5.41. The second-order valence-corrected chi connectivity index (χ2v) is 4.30. The van der Waals surface area contributed by atoms with Crippen molar-refractivity contribution < 1.29 is 9.90 Å². The molecule has 1 aliphatic carbocycles. The van der Waals surface area contributed by atoms with Crippen LogP contribution in [0, 0.1) is 0 Å². The van der Waals surface area contributed by atoms with Crippen LogP contribution >= 0.6 is 0 Å². The van der Waals surface area contributed by atoms with E-state index in [-0.39, 0.29) is 6.04 Å². The van der Waals surface area contributed by atoms with Crippen LogP contribution in [0.5, 0.6) is 0 Å². The van der Waals surface area contributed by atoms with Gasteiger partial charge in [0.05, 0.1) is 0 Å². The third-order valence-corrected chi connectivity index (χ3v) is 3.29. The summed E-state index contributed by atoms with van der Waals surface area (Å²) in [6, 6.07) is 1.80. The minimum atomic E-state index is -0.933. The van der Waals surface area contributed by atoms with Gasteiger partial charge in [0.2, 0.25) is 0 Å². The van der Waals surface area contributed by atoms with Crippen molar-refractivity contribution in [3.05, 3.63) is 24.3 Å². The van der Waals surface area contributed by atoms with Gasteiger partial charge in [-0.2, -0.15) is 0 Å². The molecule has 1 heterocycles. The van der Waals surface area contributed by atoms with Crippen LogP contribution < -0.4 is 5.73 Å². The van der Waals surface area contributed by atoms with Gasteiger partial charge in [0.15, 0.2) is 0 Å². The molecule has 0 unspecified atom stereocenters. The Morgan fingerprint density at radius 1 is 1.38 bits per heavy atom. The Balaban J connectivity index is 2.34. The molecule has 0 bridgehead atoms. The molecule has 16 heavy (non-hydrogen) atoms. The molecule has 0 spiro atoms. The van der Waals surface area contributed by atoms with Crippen molar-refractivity contribution in [3.63, 3.8) is 0 Å². The van der Waals surface area contributed by atoms with Gasteiger partial charge in [-0.15, -0.1) is 0 Å². The summed E-state index contributed by atoms with van der Waals surface area (Å²) in [4.78, 5) is 19.6. The molecule has 2 rings (SSSR count). The summed E-state index contributed by atoms with van der Waals surface area (Å²) in [5.74, 6) is -0.431. The fraction of sp³-hybridized carbons (Fsp3) is 0.545. The van der Waals surface area contributed by atoms with Gasteiger partial charge in [0.1, 0.15) is 11.2 Å². The molecule has 1 saturated carbocycles. The van der Waals surface area contributed by atoms with Gasteiger partial charge in [-0.25, -0.2) is 9.97 Å². The number of aliphatic carboxylic acids is 1. The van der Waals surface area contributed by atoms with E-state index < -0.39 is 11.4 Å². The average Bonchev–Trinajstić information content (AvgIpc) is 2.31. The smallest absolute Gasteiger partial charge is 0.317 e. The standard InChI is InChI=1S/C11H15N3O2/c12-8-2-4-11(5-3-8,10(15)16)9-13-6-1-7-14-9/h1,6-8H,2-5,12H2,(H,15,16). The zero-order valence-electron chi connectivity index (χ0n) is 8.97. The van der Waals surface area contributed by atoms with E-state index in [2.05, 4.69) is 9.97 Å². The predicted molar refractivity (Wildman–Crippen MR) is 57.8 cm³/mol. The van der Waals surface area contributed by atoms with Crippen LogP contribution in [0.3, 0.4) is 0 Å². The topological polar surface area (TPSA) is 89.1 Å². The van der Waals surface area contributed by atoms with Gasteiger partial charge in [0.25, 0.3) is 0 Å². The molecule has 1 aliphatic rings. The van der Waals surface area contributed by atoms with Crippen molar-refractivity contribution >= 4 is 5.97 Å². The molecule has 0 amide bonds. The molecule has 0 saturated heterocycles. The van der Waals surface area contributed by atoms with Crippen molar-refractivity contribution in [2.45, 2.75) is 37.1 Å². The maximum atomic E-state index is 11.5. The van der Waals surface area contributed by atoms with E-state index in [1.54, 1.807) is 18.5 Å². The van der Waals surface area contributed by atoms with Crippen molar-refractivity contribution in [2.75, 3.05) is 0 Å². The second kappa shape index (κ2) is 4.17. The van der Waals surface area contributed by atoms with Crippen LogP contribution in [0.1, 0.15) is 31.5 Å². The Morgan fingerprint density at radius 3 is 2.44 bits per heavy atom. The highest BCUT2D eigenvalue weighted by Crippen LogP contribution is 2.37. The highest BCUT2D eigenvalue weighted by Gasteiger charge is 2.45. The number of aromatic nitrogens is 2. The minimum Gasteiger partial charge on any atom is -0.480 e. The first kappa shape index (κ1) is 11.0. The van der Waals surface area contributed by atoms with Crippen LogP contribution in [0.25, 0.3) is 0 Å².